The lowest BCUT2D eigenvalue weighted by Gasteiger charge is -2.42. The van der Waals surface area contributed by atoms with Gasteiger partial charge < -0.3 is 4.74 Å². The molecule has 0 aliphatic carbocycles. The van der Waals surface area contributed by atoms with Gasteiger partial charge in [0.1, 0.15) is 0 Å². The summed E-state index contributed by atoms with van der Waals surface area (Å²) in [5, 5.41) is 0. The number of aryl methyl sites for hydroxylation is 2. The van der Waals surface area contributed by atoms with Crippen LogP contribution in [0.2, 0.25) is 0 Å². The van der Waals surface area contributed by atoms with E-state index in [4.69, 9.17) is 16.3 Å². The molecular weight excluding hydrogens is 258 g/mol. The van der Waals surface area contributed by atoms with E-state index in [-0.39, 0.29) is 11.7 Å². The molecule has 1 aliphatic heterocycles. The van der Waals surface area contributed by atoms with E-state index in [9.17, 15) is 0 Å². The highest BCUT2D eigenvalue weighted by atomic mass is 35.5. The van der Waals surface area contributed by atoms with E-state index in [0.29, 0.717) is 5.88 Å². The molecule has 19 heavy (non-hydrogen) atoms. The van der Waals surface area contributed by atoms with E-state index in [1.165, 1.54) is 16.7 Å². The van der Waals surface area contributed by atoms with Crippen molar-refractivity contribution in [2.45, 2.75) is 45.9 Å². The topological polar surface area (TPSA) is 12.5 Å². The van der Waals surface area contributed by atoms with Crippen LogP contribution in [0.1, 0.15) is 30.5 Å². The van der Waals surface area contributed by atoms with Crippen LogP contribution < -0.4 is 0 Å². The van der Waals surface area contributed by atoms with Crippen LogP contribution >= 0.6 is 11.6 Å². The van der Waals surface area contributed by atoms with E-state index in [0.717, 1.165) is 19.6 Å². The number of morpholine rings is 1. The van der Waals surface area contributed by atoms with Gasteiger partial charge >= 0.3 is 0 Å². The maximum Gasteiger partial charge on any atom is 0.0845 e. The van der Waals surface area contributed by atoms with Gasteiger partial charge in [0.15, 0.2) is 0 Å². The molecule has 1 aliphatic rings. The van der Waals surface area contributed by atoms with Crippen molar-refractivity contribution < 1.29 is 4.74 Å². The minimum absolute atomic E-state index is 0.116. The quantitative estimate of drug-likeness (QED) is 0.786. The lowest BCUT2D eigenvalue weighted by Crippen LogP contribution is -2.52. The molecule has 0 amide bonds. The number of nitrogens with zero attached hydrogens (tertiary/aromatic N) is 1. The molecule has 0 N–H and O–H groups in total. The highest BCUT2D eigenvalue weighted by Crippen LogP contribution is 2.24. The third-order valence-electron chi connectivity index (χ3n) is 3.62. The maximum atomic E-state index is 5.98. The Hall–Kier alpha value is -0.570. The summed E-state index contributed by atoms with van der Waals surface area (Å²) < 4.78 is 5.97. The summed E-state index contributed by atoms with van der Waals surface area (Å²) in [5.74, 6) is 0.562. The summed E-state index contributed by atoms with van der Waals surface area (Å²) in [7, 11) is 0. The first kappa shape index (κ1) is 14.8. The molecule has 3 heteroatoms. The van der Waals surface area contributed by atoms with Gasteiger partial charge in [-0.05, 0) is 38.8 Å². The van der Waals surface area contributed by atoms with Crippen LogP contribution in [0.15, 0.2) is 18.2 Å². The molecule has 1 aromatic carbocycles. The molecule has 106 valence electrons. The van der Waals surface area contributed by atoms with E-state index >= 15 is 0 Å². The van der Waals surface area contributed by atoms with Crippen LogP contribution in [-0.4, -0.2) is 35.6 Å². The first-order valence-corrected chi connectivity index (χ1v) is 7.45. The number of halogens is 1. The third-order valence-corrected chi connectivity index (χ3v) is 3.97. The minimum atomic E-state index is -0.116. The Labute approximate surface area is 121 Å². The molecule has 1 aromatic rings. The summed E-state index contributed by atoms with van der Waals surface area (Å²) in [5.41, 5.74) is 3.97. The van der Waals surface area contributed by atoms with Crippen molar-refractivity contribution in [3.8, 4) is 0 Å². The van der Waals surface area contributed by atoms with Crippen molar-refractivity contribution in [3.05, 3.63) is 34.9 Å². The van der Waals surface area contributed by atoms with E-state index in [2.05, 4.69) is 50.8 Å². The highest BCUT2D eigenvalue weighted by Gasteiger charge is 2.32. The standard InChI is InChI=1S/C16H24ClNO/c1-12-5-6-13(2)14(7-12)9-18-10-15(8-17)19-16(3,4)11-18/h5-7,15H,8-11H2,1-4H3. The van der Waals surface area contributed by atoms with Gasteiger partial charge in [0, 0.05) is 25.5 Å². The van der Waals surface area contributed by atoms with Crippen molar-refractivity contribution in [2.75, 3.05) is 19.0 Å². The molecule has 0 spiro atoms. The average Bonchev–Trinajstić information content (AvgIpc) is 2.32. The molecular formula is C16H24ClNO. The third kappa shape index (κ3) is 3.95. The fraction of sp³-hybridized carbons (Fsp3) is 0.625. The smallest absolute Gasteiger partial charge is 0.0845 e. The van der Waals surface area contributed by atoms with Gasteiger partial charge in [-0.1, -0.05) is 23.8 Å². The van der Waals surface area contributed by atoms with E-state index in [1.54, 1.807) is 0 Å². The van der Waals surface area contributed by atoms with Gasteiger partial charge in [-0.2, -0.15) is 0 Å². The first-order valence-electron chi connectivity index (χ1n) is 6.92. The number of benzene rings is 1. The molecule has 1 heterocycles. The normalized spacial score (nSPS) is 23.5. The Kier molecular flexibility index (Phi) is 4.54. The summed E-state index contributed by atoms with van der Waals surface area (Å²) >= 11 is 5.98. The van der Waals surface area contributed by atoms with Crippen LogP contribution in [0.25, 0.3) is 0 Å². The Morgan fingerprint density at radius 3 is 2.79 bits per heavy atom. The molecule has 1 fully saturated rings. The van der Waals surface area contributed by atoms with Gasteiger partial charge in [0.25, 0.3) is 0 Å². The monoisotopic (exact) mass is 281 g/mol. The summed E-state index contributed by atoms with van der Waals surface area (Å²) in [6.07, 6.45) is 0.135. The van der Waals surface area contributed by atoms with E-state index in [1.807, 2.05) is 0 Å². The van der Waals surface area contributed by atoms with Gasteiger partial charge in [-0.15, -0.1) is 11.6 Å². The van der Waals surface area contributed by atoms with Gasteiger partial charge in [-0.25, -0.2) is 0 Å². The molecule has 1 atom stereocenters. The van der Waals surface area contributed by atoms with Crippen molar-refractivity contribution in [3.63, 3.8) is 0 Å². The summed E-state index contributed by atoms with van der Waals surface area (Å²) in [4.78, 5) is 2.46. The molecule has 1 unspecified atom stereocenters. The zero-order valence-electron chi connectivity index (χ0n) is 12.4. The predicted molar refractivity (Wildman–Crippen MR) is 80.9 cm³/mol. The number of alkyl halides is 1. The number of rotatable bonds is 3. The Balaban J connectivity index is 2.11. The van der Waals surface area contributed by atoms with Gasteiger partial charge in [0.2, 0.25) is 0 Å². The first-order chi connectivity index (χ1) is 8.89. The second-order valence-electron chi connectivity index (χ2n) is 6.25. The second-order valence-corrected chi connectivity index (χ2v) is 6.56. The van der Waals surface area contributed by atoms with Crippen molar-refractivity contribution >= 4 is 11.6 Å². The zero-order chi connectivity index (χ0) is 14.0. The van der Waals surface area contributed by atoms with E-state index < -0.39 is 0 Å². The van der Waals surface area contributed by atoms with Crippen LogP contribution in [0.4, 0.5) is 0 Å². The highest BCUT2D eigenvalue weighted by molar-refractivity contribution is 6.18. The SMILES string of the molecule is Cc1ccc(C)c(CN2CC(CCl)OC(C)(C)C2)c1. The van der Waals surface area contributed by atoms with Crippen LogP contribution in [0, 0.1) is 13.8 Å². The van der Waals surface area contributed by atoms with Crippen LogP contribution in [-0.2, 0) is 11.3 Å². The number of ether oxygens (including phenoxy) is 1. The Morgan fingerprint density at radius 2 is 2.11 bits per heavy atom. The molecule has 0 saturated carbocycles. The van der Waals surface area contributed by atoms with Crippen LogP contribution in [0.5, 0.6) is 0 Å². The number of hydrogen-bond acceptors (Lipinski definition) is 2. The lowest BCUT2D eigenvalue weighted by molar-refractivity contribution is -0.129. The molecule has 1 saturated heterocycles. The average molecular weight is 282 g/mol. The Bertz CT molecular complexity index is 444. The zero-order valence-corrected chi connectivity index (χ0v) is 13.1. The second kappa shape index (κ2) is 5.82. The Morgan fingerprint density at radius 1 is 1.37 bits per heavy atom. The van der Waals surface area contributed by atoms with Gasteiger partial charge in [0.05, 0.1) is 11.7 Å². The maximum absolute atomic E-state index is 5.98. The lowest BCUT2D eigenvalue weighted by atomic mass is 10.0. The van der Waals surface area contributed by atoms with Gasteiger partial charge in [-0.3, -0.25) is 4.90 Å². The summed E-state index contributed by atoms with van der Waals surface area (Å²) in [6, 6.07) is 6.66. The van der Waals surface area contributed by atoms with Crippen molar-refractivity contribution in [1.82, 2.24) is 4.90 Å². The molecule has 0 radical (unpaired) electrons. The predicted octanol–water partition coefficient (Wildman–Crippen LogP) is 3.52. The van der Waals surface area contributed by atoms with Crippen LogP contribution in [0.3, 0.4) is 0 Å². The fourth-order valence-corrected chi connectivity index (χ4v) is 2.99. The van der Waals surface area contributed by atoms with Crippen molar-refractivity contribution in [2.24, 2.45) is 0 Å². The van der Waals surface area contributed by atoms with Crippen molar-refractivity contribution in [1.29, 1.82) is 0 Å². The molecule has 2 nitrogen and oxygen atoms in total. The fourth-order valence-electron chi connectivity index (χ4n) is 2.83. The molecule has 2 rings (SSSR count). The molecule has 0 aromatic heterocycles. The molecule has 0 bridgehead atoms. The number of hydrogen-bond donors (Lipinski definition) is 0. The largest absolute Gasteiger partial charge is 0.368 e. The summed E-state index contributed by atoms with van der Waals surface area (Å²) in [6.45, 7) is 11.5. The minimum Gasteiger partial charge on any atom is -0.368 e.